The second-order valence-corrected chi connectivity index (χ2v) is 7.38. The van der Waals surface area contributed by atoms with E-state index in [9.17, 15) is 8.60 Å². The molecule has 1 aromatic heterocycles. The Morgan fingerprint density at radius 1 is 1.19 bits per heavy atom. The number of hydrogen-bond donors (Lipinski definition) is 0. The van der Waals surface area contributed by atoms with Crippen molar-refractivity contribution in [1.82, 2.24) is 0 Å². The van der Waals surface area contributed by atoms with Crippen LogP contribution in [0.5, 0.6) is 0 Å². The molecule has 0 bridgehead atoms. The number of furan rings is 1. The topological polar surface area (TPSA) is 30.2 Å². The molecule has 5 heteroatoms. The maximum absolute atomic E-state index is 13.1. The lowest BCUT2D eigenvalue weighted by Gasteiger charge is -2.00. The van der Waals surface area contributed by atoms with Gasteiger partial charge in [0, 0.05) is 20.8 Å². The van der Waals surface area contributed by atoms with Crippen molar-refractivity contribution in [1.29, 1.82) is 0 Å². The van der Waals surface area contributed by atoms with Gasteiger partial charge in [-0.1, -0.05) is 0 Å². The molecule has 0 radical (unpaired) electrons. The van der Waals surface area contributed by atoms with Crippen LogP contribution in [-0.4, -0.2) is 10.5 Å². The summed E-state index contributed by atoms with van der Waals surface area (Å²) in [6.45, 7) is 1.96. The van der Waals surface area contributed by atoms with E-state index in [4.69, 9.17) is 4.42 Å². The Balaban J connectivity index is 2.37. The zero-order valence-corrected chi connectivity index (χ0v) is 14.4. The number of halogens is 2. The van der Waals surface area contributed by atoms with E-state index < -0.39 is 10.8 Å². The van der Waals surface area contributed by atoms with Crippen molar-refractivity contribution in [2.24, 2.45) is 0 Å². The average Bonchev–Trinajstić information content (AvgIpc) is 2.79. The third kappa shape index (κ3) is 2.64. The van der Waals surface area contributed by atoms with Crippen molar-refractivity contribution in [2.75, 3.05) is 6.26 Å². The molecule has 0 unspecified atom stereocenters. The fraction of sp³-hybridized carbons (Fsp3) is 0.125. The van der Waals surface area contributed by atoms with Gasteiger partial charge in [-0.3, -0.25) is 4.21 Å². The SMILES string of the molecule is Cc1cc(I)cc2c([S@@](C)=O)c(-c3ccc(F)cc3)oc12. The quantitative estimate of drug-likeness (QED) is 0.559. The Hall–Kier alpha value is -1.21. The molecule has 0 amide bonds. The maximum Gasteiger partial charge on any atom is 0.151 e. The molecular weight excluding hydrogens is 402 g/mol. The molecule has 3 rings (SSSR count). The van der Waals surface area contributed by atoms with E-state index in [0.717, 1.165) is 25.7 Å². The van der Waals surface area contributed by atoms with Crippen LogP contribution < -0.4 is 0 Å². The first-order chi connectivity index (χ1) is 9.97. The molecule has 1 atom stereocenters. The molecule has 0 fully saturated rings. The van der Waals surface area contributed by atoms with E-state index in [1.807, 2.05) is 19.1 Å². The molecule has 2 aromatic carbocycles. The van der Waals surface area contributed by atoms with Gasteiger partial charge in [-0.05, 0) is 71.5 Å². The van der Waals surface area contributed by atoms with Gasteiger partial charge in [-0.25, -0.2) is 4.39 Å². The standard InChI is InChI=1S/C16H12FIO2S/c1-9-7-12(18)8-13-14(9)20-15(16(13)21(2)19)10-3-5-11(17)6-4-10/h3-8H,1-2H3/t21-/m1/s1. The molecule has 3 aromatic rings. The Morgan fingerprint density at radius 3 is 2.48 bits per heavy atom. The Morgan fingerprint density at radius 2 is 1.86 bits per heavy atom. The van der Waals surface area contributed by atoms with Crippen LogP contribution in [0.3, 0.4) is 0 Å². The van der Waals surface area contributed by atoms with Gasteiger partial charge in [-0.2, -0.15) is 0 Å². The lowest BCUT2D eigenvalue weighted by Crippen LogP contribution is -1.89. The van der Waals surface area contributed by atoms with Crippen molar-refractivity contribution in [3.63, 3.8) is 0 Å². The van der Waals surface area contributed by atoms with E-state index in [2.05, 4.69) is 22.6 Å². The second-order valence-electron chi connectivity index (χ2n) is 4.82. The normalized spacial score (nSPS) is 12.8. The Bertz CT molecular complexity index is 853. The predicted octanol–water partition coefficient (Wildman–Crippen LogP) is 4.89. The van der Waals surface area contributed by atoms with Crippen LogP contribution in [0.15, 0.2) is 45.7 Å². The summed E-state index contributed by atoms with van der Waals surface area (Å²) in [5.41, 5.74) is 2.46. The Labute approximate surface area is 137 Å². The Kier molecular flexibility index (Phi) is 3.88. The highest BCUT2D eigenvalue weighted by Gasteiger charge is 2.20. The molecule has 108 valence electrons. The van der Waals surface area contributed by atoms with Crippen molar-refractivity contribution in [3.8, 4) is 11.3 Å². The summed E-state index contributed by atoms with van der Waals surface area (Å²) in [6.07, 6.45) is 1.63. The van der Waals surface area contributed by atoms with Crippen molar-refractivity contribution in [2.45, 2.75) is 11.8 Å². The van der Waals surface area contributed by atoms with E-state index in [-0.39, 0.29) is 5.82 Å². The smallest absolute Gasteiger partial charge is 0.151 e. The maximum atomic E-state index is 13.1. The number of hydrogen-bond acceptors (Lipinski definition) is 2. The number of fused-ring (bicyclic) bond motifs is 1. The van der Waals surface area contributed by atoms with Gasteiger partial charge in [-0.15, -0.1) is 0 Å². The predicted molar refractivity (Wildman–Crippen MR) is 91.4 cm³/mol. The monoisotopic (exact) mass is 414 g/mol. The van der Waals surface area contributed by atoms with Gasteiger partial charge < -0.3 is 4.42 Å². The van der Waals surface area contributed by atoms with Crippen LogP contribution in [0.2, 0.25) is 0 Å². The lowest BCUT2D eigenvalue weighted by molar-refractivity contribution is 0.616. The minimum atomic E-state index is -1.20. The van der Waals surface area contributed by atoms with E-state index in [1.165, 1.54) is 12.1 Å². The molecule has 0 aliphatic rings. The summed E-state index contributed by atoms with van der Waals surface area (Å²) < 4.78 is 32.3. The van der Waals surface area contributed by atoms with Gasteiger partial charge in [0.05, 0.1) is 15.7 Å². The third-order valence-electron chi connectivity index (χ3n) is 3.29. The largest absolute Gasteiger partial charge is 0.454 e. The van der Waals surface area contributed by atoms with Gasteiger partial charge in [0.15, 0.2) is 5.76 Å². The zero-order valence-electron chi connectivity index (χ0n) is 11.4. The van der Waals surface area contributed by atoms with Gasteiger partial charge in [0.2, 0.25) is 0 Å². The number of benzene rings is 2. The van der Waals surface area contributed by atoms with Crippen LogP contribution in [0.4, 0.5) is 4.39 Å². The van der Waals surface area contributed by atoms with Crippen LogP contribution in [-0.2, 0) is 10.8 Å². The van der Waals surface area contributed by atoms with Crippen LogP contribution in [0.25, 0.3) is 22.3 Å². The molecule has 0 saturated heterocycles. The number of aryl methyl sites for hydroxylation is 1. The molecule has 0 aliphatic heterocycles. The molecular formula is C16H12FIO2S. The van der Waals surface area contributed by atoms with Gasteiger partial charge in [0.25, 0.3) is 0 Å². The zero-order chi connectivity index (χ0) is 15.1. The fourth-order valence-electron chi connectivity index (χ4n) is 2.38. The summed E-state index contributed by atoms with van der Waals surface area (Å²) in [5.74, 6) is 0.246. The van der Waals surface area contributed by atoms with E-state index >= 15 is 0 Å². The highest BCUT2D eigenvalue weighted by molar-refractivity contribution is 14.1. The minimum Gasteiger partial charge on any atom is -0.454 e. The molecule has 0 spiro atoms. The molecule has 2 nitrogen and oxygen atoms in total. The first kappa shape index (κ1) is 14.7. The van der Waals surface area contributed by atoms with Gasteiger partial charge >= 0.3 is 0 Å². The lowest BCUT2D eigenvalue weighted by atomic mass is 10.1. The highest BCUT2D eigenvalue weighted by Crippen LogP contribution is 2.37. The van der Waals surface area contributed by atoms with Crippen LogP contribution in [0, 0.1) is 16.3 Å². The highest BCUT2D eigenvalue weighted by atomic mass is 127. The second kappa shape index (κ2) is 5.53. The van der Waals surface area contributed by atoms with E-state index in [1.54, 1.807) is 18.4 Å². The van der Waals surface area contributed by atoms with Crippen LogP contribution >= 0.6 is 22.6 Å². The fourth-order valence-corrected chi connectivity index (χ4v) is 4.04. The summed E-state index contributed by atoms with van der Waals surface area (Å²) in [7, 11) is -1.20. The van der Waals surface area contributed by atoms with Crippen LogP contribution in [0.1, 0.15) is 5.56 Å². The van der Waals surface area contributed by atoms with Crippen molar-refractivity contribution >= 4 is 44.4 Å². The summed E-state index contributed by atoms with van der Waals surface area (Å²) >= 11 is 2.23. The molecule has 21 heavy (non-hydrogen) atoms. The molecule has 1 heterocycles. The minimum absolute atomic E-state index is 0.306. The third-order valence-corrected chi connectivity index (χ3v) is 4.89. The summed E-state index contributed by atoms with van der Waals surface area (Å²) in [6, 6.07) is 10.0. The molecule has 0 N–H and O–H groups in total. The molecule has 0 saturated carbocycles. The van der Waals surface area contributed by atoms with Crippen molar-refractivity contribution in [3.05, 3.63) is 51.3 Å². The summed E-state index contributed by atoms with van der Waals surface area (Å²) in [4.78, 5) is 0.665. The number of rotatable bonds is 2. The summed E-state index contributed by atoms with van der Waals surface area (Å²) in [5, 5.41) is 0.861. The molecule has 0 aliphatic carbocycles. The van der Waals surface area contributed by atoms with Gasteiger partial charge in [0.1, 0.15) is 11.4 Å². The first-order valence-electron chi connectivity index (χ1n) is 6.29. The first-order valence-corrected chi connectivity index (χ1v) is 8.93. The van der Waals surface area contributed by atoms with E-state index in [0.29, 0.717) is 10.7 Å². The van der Waals surface area contributed by atoms with Crippen molar-refractivity contribution < 1.29 is 13.0 Å². The average molecular weight is 414 g/mol.